The molecule has 1 fully saturated rings. The van der Waals surface area contributed by atoms with Crippen LogP contribution >= 0.6 is 0 Å². The van der Waals surface area contributed by atoms with Gasteiger partial charge in [-0.15, -0.1) is 0 Å². The number of carbonyl (C=O) groups excluding carboxylic acids is 3. The predicted molar refractivity (Wildman–Crippen MR) is 95.9 cm³/mol. The van der Waals surface area contributed by atoms with Crippen molar-refractivity contribution in [3.05, 3.63) is 29.8 Å². The van der Waals surface area contributed by atoms with Crippen molar-refractivity contribution in [3.63, 3.8) is 0 Å². The number of hydrogen-bond acceptors (Lipinski definition) is 5. The number of urea groups is 1. The first-order chi connectivity index (χ1) is 12.1. The molecule has 0 aromatic heterocycles. The first kappa shape index (κ1) is 19.8. The van der Waals surface area contributed by atoms with Crippen molar-refractivity contribution in [2.24, 2.45) is 0 Å². The van der Waals surface area contributed by atoms with E-state index in [1.807, 2.05) is 12.1 Å². The summed E-state index contributed by atoms with van der Waals surface area (Å²) in [6, 6.07) is 7.03. The molecule has 26 heavy (non-hydrogen) atoms. The Hall–Kier alpha value is -2.57. The molecular weight excluding hydrogens is 336 g/mol. The molecular formula is C19H26N2O5. The summed E-state index contributed by atoms with van der Waals surface area (Å²) in [5.41, 5.74) is 1.18. The highest BCUT2D eigenvalue weighted by Crippen LogP contribution is 2.24. The molecule has 1 aromatic rings. The Bertz CT molecular complexity index is 678. The topological polar surface area (TPSA) is 84.9 Å². The number of benzene rings is 1. The number of nitrogens with zero attached hydrogens (tertiary/aromatic N) is 1. The summed E-state index contributed by atoms with van der Waals surface area (Å²) in [7, 11) is 0. The van der Waals surface area contributed by atoms with Crippen LogP contribution in [-0.2, 0) is 19.7 Å². The molecule has 1 N–H and O–H groups in total. The van der Waals surface area contributed by atoms with E-state index in [9.17, 15) is 14.4 Å². The second-order valence-corrected chi connectivity index (χ2v) is 7.34. The van der Waals surface area contributed by atoms with Gasteiger partial charge in [0.2, 0.25) is 0 Å². The fourth-order valence-electron chi connectivity index (χ4n) is 2.51. The number of carbonyl (C=O) groups is 3. The molecule has 1 aliphatic rings. The van der Waals surface area contributed by atoms with E-state index in [2.05, 4.69) is 26.1 Å². The van der Waals surface area contributed by atoms with Gasteiger partial charge in [0.25, 0.3) is 5.91 Å². The van der Waals surface area contributed by atoms with Crippen molar-refractivity contribution in [1.82, 2.24) is 10.2 Å². The van der Waals surface area contributed by atoms with Crippen LogP contribution in [0.4, 0.5) is 4.79 Å². The summed E-state index contributed by atoms with van der Waals surface area (Å²) >= 11 is 0. The van der Waals surface area contributed by atoms with E-state index in [4.69, 9.17) is 9.47 Å². The zero-order chi connectivity index (χ0) is 19.5. The van der Waals surface area contributed by atoms with Crippen LogP contribution in [0.3, 0.4) is 0 Å². The average molecular weight is 362 g/mol. The Morgan fingerprint density at radius 3 is 2.23 bits per heavy atom. The summed E-state index contributed by atoms with van der Waals surface area (Å²) in [6.07, 6.45) is -1.93. The van der Waals surface area contributed by atoms with Gasteiger partial charge in [0.1, 0.15) is 5.75 Å². The molecule has 7 heteroatoms. The highest BCUT2D eigenvalue weighted by atomic mass is 16.6. The van der Waals surface area contributed by atoms with Crippen molar-refractivity contribution in [2.45, 2.75) is 52.2 Å². The number of hydrogen-bond donors (Lipinski definition) is 1. The van der Waals surface area contributed by atoms with E-state index in [-0.39, 0.29) is 12.0 Å². The summed E-state index contributed by atoms with van der Waals surface area (Å²) < 4.78 is 10.7. The molecule has 1 heterocycles. The van der Waals surface area contributed by atoms with E-state index in [0.717, 1.165) is 10.5 Å². The molecule has 2 atom stereocenters. The molecule has 7 nitrogen and oxygen atoms in total. The van der Waals surface area contributed by atoms with E-state index in [1.165, 1.54) is 6.92 Å². The summed E-state index contributed by atoms with van der Waals surface area (Å²) in [6.45, 7) is 10.0. The van der Waals surface area contributed by atoms with Crippen LogP contribution in [0.25, 0.3) is 0 Å². The van der Waals surface area contributed by atoms with Crippen LogP contribution in [0, 0.1) is 0 Å². The van der Waals surface area contributed by atoms with Crippen molar-refractivity contribution >= 4 is 17.9 Å². The average Bonchev–Trinajstić information content (AvgIpc) is 2.99. The Balaban J connectivity index is 1.90. The fraction of sp³-hybridized carbons (Fsp3) is 0.526. The standard InChI is InChI=1S/C19H26N2O5/c1-12(16(22)21-11-10-20-18(21)24)26-17(23)13(2)25-15-8-6-14(7-9-15)19(3,4)5/h6-9,12-13H,10-11H2,1-5H3,(H,20,24)/t12-,13+/m0/s1. The molecule has 3 amide bonds. The van der Waals surface area contributed by atoms with Crippen molar-refractivity contribution in [1.29, 1.82) is 0 Å². The molecule has 142 valence electrons. The van der Waals surface area contributed by atoms with Crippen molar-refractivity contribution < 1.29 is 23.9 Å². The van der Waals surface area contributed by atoms with Gasteiger partial charge in [0, 0.05) is 13.1 Å². The third-order valence-corrected chi connectivity index (χ3v) is 4.13. The van der Waals surface area contributed by atoms with Gasteiger partial charge in [-0.25, -0.2) is 9.59 Å². The maximum Gasteiger partial charge on any atom is 0.347 e. The van der Waals surface area contributed by atoms with Gasteiger partial charge in [0.05, 0.1) is 0 Å². The third kappa shape index (κ3) is 4.74. The van der Waals surface area contributed by atoms with E-state index < -0.39 is 30.1 Å². The van der Waals surface area contributed by atoms with Crippen LogP contribution in [0.15, 0.2) is 24.3 Å². The minimum atomic E-state index is -1.05. The van der Waals surface area contributed by atoms with E-state index >= 15 is 0 Å². The Morgan fingerprint density at radius 1 is 1.12 bits per heavy atom. The fourth-order valence-corrected chi connectivity index (χ4v) is 2.51. The molecule has 0 saturated carbocycles. The molecule has 0 radical (unpaired) electrons. The lowest BCUT2D eigenvalue weighted by Crippen LogP contribution is -2.43. The molecule has 1 aromatic carbocycles. The minimum absolute atomic E-state index is 0.0285. The predicted octanol–water partition coefficient (Wildman–Crippen LogP) is 2.23. The van der Waals surface area contributed by atoms with E-state index in [0.29, 0.717) is 12.3 Å². The van der Waals surface area contributed by atoms with Crippen molar-refractivity contribution in [3.8, 4) is 5.75 Å². The highest BCUT2D eigenvalue weighted by Gasteiger charge is 2.32. The SMILES string of the molecule is C[C@H](OC(=O)[C@@H](C)Oc1ccc(C(C)(C)C)cc1)C(=O)N1CCNC1=O. The molecule has 2 rings (SSSR count). The second-order valence-electron chi connectivity index (χ2n) is 7.34. The maximum atomic E-state index is 12.2. The summed E-state index contributed by atoms with van der Waals surface area (Å²) in [5, 5.41) is 2.53. The molecule has 1 saturated heterocycles. The smallest absolute Gasteiger partial charge is 0.347 e. The van der Waals surface area contributed by atoms with E-state index in [1.54, 1.807) is 19.1 Å². The number of esters is 1. The molecule has 0 bridgehead atoms. The largest absolute Gasteiger partial charge is 0.479 e. The summed E-state index contributed by atoms with van der Waals surface area (Å²) in [5.74, 6) is -0.666. The first-order valence-corrected chi connectivity index (χ1v) is 8.66. The minimum Gasteiger partial charge on any atom is -0.479 e. The molecule has 0 spiro atoms. The number of nitrogens with one attached hydrogen (secondary N) is 1. The van der Waals surface area contributed by atoms with Gasteiger partial charge in [-0.05, 0) is 37.0 Å². The van der Waals surface area contributed by atoms with Gasteiger partial charge in [-0.1, -0.05) is 32.9 Å². The Morgan fingerprint density at radius 2 is 1.73 bits per heavy atom. The van der Waals surface area contributed by atoms with Crippen molar-refractivity contribution in [2.75, 3.05) is 13.1 Å². The van der Waals surface area contributed by atoms with Crippen LogP contribution in [0.2, 0.25) is 0 Å². The summed E-state index contributed by atoms with van der Waals surface area (Å²) in [4.78, 5) is 36.9. The number of ether oxygens (including phenoxy) is 2. The Labute approximate surface area is 153 Å². The lowest BCUT2D eigenvalue weighted by atomic mass is 9.87. The normalized spacial score (nSPS) is 16.7. The van der Waals surface area contributed by atoms with Gasteiger partial charge in [0.15, 0.2) is 12.2 Å². The Kier molecular flexibility index (Phi) is 5.90. The lowest BCUT2D eigenvalue weighted by molar-refractivity contribution is -0.163. The van der Waals surface area contributed by atoms with Crippen LogP contribution in [0.5, 0.6) is 5.75 Å². The second kappa shape index (κ2) is 7.76. The van der Waals surface area contributed by atoms with Gasteiger partial charge in [-0.2, -0.15) is 0 Å². The third-order valence-electron chi connectivity index (χ3n) is 4.13. The lowest BCUT2D eigenvalue weighted by Gasteiger charge is -2.21. The molecule has 1 aliphatic heterocycles. The quantitative estimate of drug-likeness (QED) is 0.812. The van der Waals surface area contributed by atoms with Crippen LogP contribution < -0.4 is 10.1 Å². The maximum absolute atomic E-state index is 12.2. The number of amides is 3. The number of imide groups is 1. The number of rotatable bonds is 5. The molecule has 0 aliphatic carbocycles. The monoisotopic (exact) mass is 362 g/mol. The van der Waals surface area contributed by atoms with Gasteiger partial charge >= 0.3 is 12.0 Å². The highest BCUT2D eigenvalue weighted by molar-refractivity contribution is 5.98. The van der Waals surface area contributed by atoms with Gasteiger partial charge < -0.3 is 14.8 Å². The molecule has 0 unspecified atom stereocenters. The van der Waals surface area contributed by atoms with Crippen LogP contribution in [0.1, 0.15) is 40.2 Å². The zero-order valence-corrected chi connectivity index (χ0v) is 15.9. The first-order valence-electron chi connectivity index (χ1n) is 8.66. The van der Waals surface area contributed by atoms with Gasteiger partial charge in [-0.3, -0.25) is 9.69 Å². The zero-order valence-electron chi connectivity index (χ0n) is 15.9. The van der Waals surface area contributed by atoms with Crippen LogP contribution in [-0.4, -0.2) is 48.1 Å².